The highest BCUT2D eigenvalue weighted by molar-refractivity contribution is 5.32. The van der Waals surface area contributed by atoms with E-state index in [0.29, 0.717) is 0 Å². The molecule has 2 rings (SSSR count). The molecule has 2 heteroatoms. The third-order valence-electron chi connectivity index (χ3n) is 4.57. The highest BCUT2D eigenvalue weighted by atomic mass is 15.1. The van der Waals surface area contributed by atoms with Crippen LogP contribution in [-0.4, -0.2) is 31.1 Å². The average molecular weight is 274 g/mol. The quantitative estimate of drug-likeness (QED) is 0.854. The van der Waals surface area contributed by atoms with E-state index in [4.69, 9.17) is 0 Å². The second kappa shape index (κ2) is 7.80. The molecule has 1 atom stereocenters. The Labute approximate surface area is 124 Å². The van der Waals surface area contributed by atoms with Gasteiger partial charge in [0.25, 0.3) is 0 Å². The molecule has 20 heavy (non-hydrogen) atoms. The van der Waals surface area contributed by atoms with Crippen LogP contribution >= 0.6 is 0 Å². The van der Waals surface area contributed by atoms with Gasteiger partial charge in [-0.15, -0.1) is 0 Å². The van der Waals surface area contributed by atoms with E-state index < -0.39 is 0 Å². The molecule has 1 aliphatic rings. The first-order chi connectivity index (χ1) is 9.70. The maximum atomic E-state index is 3.54. The molecule has 1 aromatic carbocycles. The molecule has 0 bridgehead atoms. The van der Waals surface area contributed by atoms with Crippen molar-refractivity contribution in [2.75, 3.05) is 26.2 Å². The first-order valence-corrected chi connectivity index (χ1v) is 8.19. The van der Waals surface area contributed by atoms with E-state index in [9.17, 15) is 0 Å². The van der Waals surface area contributed by atoms with E-state index >= 15 is 0 Å². The SMILES string of the molecule is CCCN(Cc1cccc(C)c1C)CC1CCCNC1. The van der Waals surface area contributed by atoms with Crippen LogP contribution in [0.15, 0.2) is 18.2 Å². The molecule has 1 N–H and O–H groups in total. The van der Waals surface area contributed by atoms with Crippen molar-refractivity contribution in [2.24, 2.45) is 5.92 Å². The van der Waals surface area contributed by atoms with Gasteiger partial charge in [-0.1, -0.05) is 25.1 Å². The molecule has 1 unspecified atom stereocenters. The van der Waals surface area contributed by atoms with Crippen molar-refractivity contribution in [3.8, 4) is 0 Å². The fourth-order valence-electron chi connectivity index (χ4n) is 3.22. The van der Waals surface area contributed by atoms with E-state index in [0.717, 1.165) is 12.5 Å². The number of nitrogens with zero attached hydrogens (tertiary/aromatic N) is 1. The van der Waals surface area contributed by atoms with Gasteiger partial charge in [0.2, 0.25) is 0 Å². The Bertz CT molecular complexity index is 408. The molecular weight excluding hydrogens is 244 g/mol. The molecule has 0 saturated carbocycles. The van der Waals surface area contributed by atoms with E-state index in [1.165, 1.54) is 62.1 Å². The van der Waals surface area contributed by atoms with Gasteiger partial charge in [-0.2, -0.15) is 0 Å². The lowest BCUT2D eigenvalue weighted by Gasteiger charge is -2.30. The zero-order valence-electron chi connectivity index (χ0n) is 13.4. The number of aryl methyl sites for hydroxylation is 1. The van der Waals surface area contributed by atoms with Crippen molar-refractivity contribution < 1.29 is 0 Å². The van der Waals surface area contributed by atoms with Crippen LogP contribution < -0.4 is 5.32 Å². The smallest absolute Gasteiger partial charge is 0.0236 e. The van der Waals surface area contributed by atoms with Crippen LogP contribution in [0.2, 0.25) is 0 Å². The Morgan fingerprint density at radius 1 is 1.30 bits per heavy atom. The van der Waals surface area contributed by atoms with Crippen molar-refractivity contribution in [1.29, 1.82) is 0 Å². The van der Waals surface area contributed by atoms with Crippen molar-refractivity contribution in [3.05, 3.63) is 34.9 Å². The van der Waals surface area contributed by atoms with Crippen LogP contribution in [0.4, 0.5) is 0 Å². The lowest BCUT2D eigenvalue weighted by molar-refractivity contribution is 0.201. The zero-order valence-corrected chi connectivity index (χ0v) is 13.4. The monoisotopic (exact) mass is 274 g/mol. The molecule has 0 radical (unpaired) electrons. The van der Waals surface area contributed by atoms with Crippen LogP contribution in [0.5, 0.6) is 0 Å². The third-order valence-corrected chi connectivity index (χ3v) is 4.57. The van der Waals surface area contributed by atoms with Crippen LogP contribution in [0.3, 0.4) is 0 Å². The second-order valence-electron chi connectivity index (χ2n) is 6.31. The molecule has 0 amide bonds. The van der Waals surface area contributed by atoms with Crippen molar-refractivity contribution in [2.45, 2.75) is 46.6 Å². The minimum atomic E-state index is 0.834. The summed E-state index contributed by atoms with van der Waals surface area (Å²) in [7, 11) is 0. The van der Waals surface area contributed by atoms with E-state index in [1.54, 1.807) is 0 Å². The summed E-state index contributed by atoms with van der Waals surface area (Å²) in [5.74, 6) is 0.834. The third kappa shape index (κ3) is 4.32. The van der Waals surface area contributed by atoms with Crippen molar-refractivity contribution in [3.63, 3.8) is 0 Å². The number of nitrogens with one attached hydrogen (secondary N) is 1. The predicted molar refractivity (Wildman–Crippen MR) is 87.1 cm³/mol. The van der Waals surface area contributed by atoms with Crippen LogP contribution in [0.25, 0.3) is 0 Å². The molecule has 1 fully saturated rings. The molecule has 1 aliphatic heterocycles. The molecule has 0 spiro atoms. The summed E-state index contributed by atoms with van der Waals surface area (Å²) in [6.45, 7) is 12.7. The molecule has 2 nitrogen and oxygen atoms in total. The maximum Gasteiger partial charge on any atom is 0.0236 e. The zero-order chi connectivity index (χ0) is 14.4. The molecule has 1 heterocycles. The number of hydrogen-bond donors (Lipinski definition) is 1. The largest absolute Gasteiger partial charge is 0.316 e. The van der Waals surface area contributed by atoms with Crippen molar-refractivity contribution >= 4 is 0 Å². The average Bonchev–Trinajstić information content (AvgIpc) is 2.45. The van der Waals surface area contributed by atoms with Gasteiger partial charge >= 0.3 is 0 Å². The van der Waals surface area contributed by atoms with Crippen LogP contribution in [0.1, 0.15) is 42.9 Å². The lowest BCUT2D eigenvalue weighted by Crippen LogP contribution is -2.38. The molecule has 1 aromatic rings. The summed E-state index contributed by atoms with van der Waals surface area (Å²) >= 11 is 0. The molecular formula is C18H30N2. The minimum Gasteiger partial charge on any atom is -0.316 e. The van der Waals surface area contributed by atoms with Gasteiger partial charge in [0.05, 0.1) is 0 Å². The van der Waals surface area contributed by atoms with Crippen LogP contribution in [-0.2, 0) is 6.54 Å². The fraction of sp³-hybridized carbons (Fsp3) is 0.667. The Balaban J connectivity index is 1.98. The standard InChI is InChI=1S/C18H30N2/c1-4-11-20(13-17-8-6-10-19-12-17)14-18-9-5-7-15(2)16(18)3/h5,7,9,17,19H,4,6,8,10-14H2,1-3H3. The minimum absolute atomic E-state index is 0.834. The summed E-state index contributed by atoms with van der Waals surface area (Å²) in [6.07, 6.45) is 3.97. The second-order valence-corrected chi connectivity index (χ2v) is 6.31. The first kappa shape index (κ1) is 15.5. The lowest BCUT2D eigenvalue weighted by atomic mass is 9.98. The molecule has 1 saturated heterocycles. The first-order valence-electron chi connectivity index (χ1n) is 8.19. The maximum absolute atomic E-state index is 3.54. The fourth-order valence-corrected chi connectivity index (χ4v) is 3.22. The Morgan fingerprint density at radius 3 is 2.85 bits per heavy atom. The normalized spacial score (nSPS) is 19.5. The summed E-state index contributed by atoms with van der Waals surface area (Å²) < 4.78 is 0. The van der Waals surface area contributed by atoms with E-state index in [-0.39, 0.29) is 0 Å². The van der Waals surface area contributed by atoms with Gasteiger partial charge in [0.15, 0.2) is 0 Å². The predicted octanol–water partition coefficient (Wildman–Crippen LogP) is 3.52. The molecule has 0 aromatic heterocycles. The summed E-state index contributed by atoms with van der Waals surface area (Å²) in [4.78, 5) is 2.65. The molecule has 112 valence electrons. The number of hydrogen-bond acceptors (Lipinski definition) is 2. The van der Waals surface area contributed by atoms with Gasteiger partial charge in [-0.3, -0.25) is 4.90 Å². The van der Waals surface area contributed by atoms with Gasteiger partial charge in [-0.25, -0.2) is 0 Å². The number of benzene rings is 1. The van der Waals surface area contributed by atoms with Gasteiger partial charge < -0.3 is 5.32 Å². The van der Waals surface area contributed by atoms with Gasteiger partial charge in [-0.05, 0) is 75.4 Å². The highest BCUT2D eigenvalue weighted by Crippen LogP contribution is 2.18. The summed E-state index contributed by atoms with van der Waals surface area (Å²) in [6, 6.07) is 6.71. The Hall–Kier alpha value is -0.860. The Kier molecular flexibility index (Phi) is 6.06. The van der Waals surface area contributed by atoms with E-state index in [2.05, 4.69) is 49.2 Å². The van der Waals surface area contributed by atoms with Gasteiger partial charge in [0.1, 0.15) is 0 Å². The summed E-state index contributed by atoms with van der Waals surface area (Å²) in [5.41, 5.74) is 4.39. The molecule has 0 aliphatic carbocycles. The topological polar surface area (TPSA) is 15.3 Å². The number of rotatable bonds is 6. The summed E-state index contributed by atoms with van der Waals surface area (Å²) in [5, 5.41) is 3.54. The van der Waals surface area contributed by atoms with Crippen LogP contribution in [0, 0.1) is 19.8 Å². The number of piperidine rings is 1. The highest BCUT2D eigenvalue weighted by Gasteiger charge is 2.17. The Morgan fingerprint density at radius 2 is 2.15 bits per heavy atom. The van der Waals surface area contributed by atoms with Crippen molar-refractivity contribution in [1.82, 2.24) is 10.2 Å². The van der Waals surface area contributed by atoms with E-state index in [1.807, 2.05) is 0 Å². The van der Waals surface area contributed by atoms with Gasteiger partial charge in [0, 0.05) is 13.1 Å².